The minimum Gasteiger partial charge on any atom is -0.475 e. The highest BCUT2D eigenvalue weighted by molar-refractivity contribution is 9.10. The summed E-state index contributed by atoms with van der Waals surface area (Å²) in [6.07, 6.45) is 2.48. The molecule has 1 unspecified atom stereocenters. The van der Waals surface area contributed by atoms with E-state index in [0.717, 1.165) is 25.3 Å². The minimum atomic E-state index is -3.79. The molecule has 2 N–H and O–H groups in total. The first-order valence-corrected chi connectivity index (χ1v) is 8.43. The van der Waals surface area contributed by atoms with Crippen molar-refractivity contribution in [3.63, 3.8) is 0 Å². The Morgan fingerprint density at radius 1 is 1.55 bits per heavy atom. The number of furan rings is 1. The highest BCUT2D eigenvalue weighted by atomic mass is 79.9. The monoisotopic (exact) mass is 365 g/mol. The predicted molar refractivity (Wildman–Crippen MR) is 75.1 cm³/mol. The van der Waals surface area contributed by atoms with E-state index in [4.69, 9.17) is 9.52 Å². The van der Waals surface area contributed by atoms with Gasteiger partial charge >= 0.3 is 5.97 Å². The van der Waals surface area contributed by atoms with Crippen molar-refractivity contribution in [3.8, 4) is 0 Å². The summed E-state index contributed by atoms with van der Waals surface area (Å²) >= 11 is 2.94. The molecule has 0 aromatic carbocycles. The molecule has 20 heavy (non-hydrogen) atoms. The van der Waals surface area contributed by atoms with E-state index in [1.807, 2.05) is 0 Å². The lowest BCUT2D eigenvalue weighted by molar-refractivity contribution is 0.0661. The van der Waals surface area contributed by atoms with E-state index >= 15 is 0 Å². The number of carbonyl (C=O) groups is 1. The van der Waals surface area contributed by atoms with Crippen LogP contribution in [-0.2, 0) is 10.0 Å². The lowest BCUT2D eigenvalue weighted by atomic mass is 9.92. The molecule has 1 fully saturated rings. The van der Waals surface area contributed by atoms with Gasteiger partial charge in [-0.25, -0.2) is 17.9 Å². The van der Waals surface area contributed by atoms with Gasteiger partial charge in [-0.1, -0.05) is 13.8 Å². The fourth-order valence-corrected chi connectivity index (χ4v) is 4.67. The Morgan fingerprint density at radius 3 is 2.65 bits per heavy atom. The van der Waals surface area contributed by atoms with Crippen molar-refractivity contribution in [1.82, 2.24) is 4.72 Å². The van der Waals surface area contributed by atoms with E-state index in [0.29, 0.717) is 0 Å². The molecular formula is C12H16BrNO5S. The number of nitrogens with one attached hydrogen (secondary N) is 1. The number of carboxylic acids is 1. The lowest BCUT2D eigenvalue weighted by Crippen LogP contribution is -2.33. The number of hydrogen-bond acceptors (Lipinski definition) is 4. The summed E-state index contributed by atoms with van der Waals surface area (Å²) < 4.78 is 31.9. The molecule has 1 heterocycles. The fourth-order valence-electron chi connectivity index (χ4n) is 2.46. The van der Waals surface area contributed by atoms with E-state index in [2.05, 4.69) is 34.5 Å². The van der Waals surface area contributed by atoms with E-state index in [1.165, 1.54) is 0 Å². The molecular weight excluding hydrogens is 350 g/mol. The number of aromatic carboxylic acids is 1. The third kappa shape index (κ3) is 3.24. The molecule has 8 heteroatoms. The van der Waals surface area contributed by atoms with Crippen molar-refractivity contribution >= 4 is 31.9 Å². The van der Waals surface area contributed by atoms with Crippen LogP contribution in [-0.4, -0.2) is 25.5 Å². The van der Waals surface area contributed by atoms with E-state index < -0.39 is 21.8 Å². The van der Waals surface area contributed by atoms with Gasteiger partial charge in [0.05, 0.1) is 0 Å². The summed E-state index contributed by atoms with van der Waals surface area (Å²) in [5.41, 5.74) is 0.118. The second-order valence-electron chi connectivity index (χ2n) is 5.78. The van der Waals surface area contributed by atoms with Gasteiger partial charge in [0.15, 0.2) is 4.67 Å². The number of rotatable bonds is 4. The van der Waals surface area contributed by atoms with E-state index in [-0.39, 0.29) is 21.0 Å². The molecule has 1 aromatic heterocycles. The summed E-state index contributed by atoms with van der Waals surface area (Å²) in [5.74, 6) is -1.72. The highest BCUT2D eigenvalue weighted by Gasteiger charge is 2.35. The standard InChI is InChI=1S/C12H16BrNO5S/c1-12(2)4-3-7(6-12)14-20(17,18)9-5-8(11(15)16)19-10(9)13/h5,7,14H,3-4,6H2,1-2H3,(H,15,16). The quantitative estimate of drug-likeness (QED) is 0.854. The van der Waals surface area contributed by atoms with Gasteiger partial charge in [0, 0.05) is 12.1 Å². The highest BCUT2D eigenvalue weighted by Crippen LogP contribution is 2.38. The van der Waals surface area contributed by atoms with Gasteiger partial charge in [-0.2, -0.15) is 0 Å². The summed E-state index contributed by atoms with van der Waals surface area (Å²) in [5, 5.41) is 8.81. The van der Waals surface area contributed by atoms with Crippen LogP contribution in [0.5, 0.6) is 0 Å². The van der Waals surface area contributed by atoms with Crippen molar-refractivity contribution < 1.29 is 22.7 Å². The van der Waals surface area contributed by atoms with E-state index in [1.54, 1.807) is 0 Å². The smallest absolute Gasteiger partial charge is 0.371 e. The predicted octanol–water partition coefficient (Wildman–Crippen LogP) is 2.60. The normalized spacial score (nSPS) is 22.1. The van der Waals surface area contributed by atoms with Crippen molar-refractivity contribution in [2.24, 2.45) is 5.41 Å². The summed E-state index contributed by atoms with van der Waals surface area (Å²) in [4.78, 5) is 10.6. The summed E-state index contributed by atoms with van der Waals surface area (Å²) in [6.45, 7) is 4.19. The van der Waals surface area contributed by atoms with E-state index in [9.17, 15) is 13.2 Å². The van der Waals surface area contributed by atoms with Crippen molar-refractivity contribution in [1.29, 1.82) is 0 Å². The van der Waals surface area contributed by atoms with Gasteiger partial charge < -0.3 is 9.52 Å². The van der Waals surface area contributed by atoms with Crippen molar-refractivity contribution in [3.05, 3.63) is 16.5 Å². The second-order valence-corrected chi connectivity index (χ2v) is 8.18. The SMILES string of the molecule is CC1(C)CCC(NS(=O)(=O)c2cc(C(=O)O)oc2Br)C1. The zero-order valence-corrected chi connectivity index (χ0v) is 13.5. The third-order valence-corrected chi connectivity index (χ3v) is 5.82. The fraction of sp³-hybridized carbons (Fsp3) is 0.583. The van der Waals surface area contributed by atoms with Gasteiger partial charge in [-0.3, -0.25) is 0 Å². The van der Waals surface area contributed by atoms with Gasteiger partial charge in [-0.15, -0.1) is 0 Å². The average Bonchev–Trinajstić information content (AvgIpc) is 2.82. The molecule has 0 radical (unpaired) electrons. The number of sulfonamides is 1. The summed E-state index contributed by atoms with van der Waals surface area (Å²) in [7, 11) is -3.79. The van der Waals surface area contributed by atoms with Crippen LogP contribution in [0.3, 0.4) is 0 Å². The van der Waals surface area contributed by atoms with Crippen LogP contribution < -0.4 is 4.72 Å². The lowest BCUT2D eigenvalue weighted by Gasteiger charge is -2.17. The first-order valence-electron chi connectivity index (χ1n) is 6.16. The summed E-state index contributed by atoms with van der Waals surface area (Å²) in [6, 6.07) is 0.875. The molecule has 0 bridgehead atoms. The topological polar surface area (TPSA) is 96.6 Å². The van der Waals surface area contributed by atoms with Gasteiger partial charge in [0.25, 0.3) is 0 Å². The number of halogens is 1. The van der Waals surface area contributed by atoms with Crippen LogP contribution in [0, 0.1) is 5.41 Å². The average molecular weight is 366 g/mol. The van der Waals surface area contributed by atoms with Crippen LogP contribution in [0.1, 0.15) is 43.7 Å². The molecule has 2 rings (SSSR count). The van der Waals surface area contributed by atoms with Gasteiger partial charge in [0.2, 0.25) is 15.8 Å². The Labute approximate surface area is 125 Å². The second kappa shape index (κ2) is 5.16. The van der Waals surface area contributed by atoms with Crippen LogP contribution in [0.4, 0.5) is 0 Å². The molecule has 0 aliphatic heterocycles. The van der Waals surface area contributed by atoms with Crippen LogP contribution >= 0.6 is 15.9 Å². The van der Waals surface area contributed by atoms with Crippen molar-refractivity contribution in [2.75, 3.05) is 0 Å². The first-order chi connectivity index (χ1) is 9.11. The Kier molecular flexibility index (Phi) is 4.01. The Hall–Kier alpha value is -0.860. The zero-order chi connectivity index (χ0) is 15.1. The Bertz CT molecular complexity index is 634. The maximum atomic E-state index is 12.3. The Balaban J connectivity index is 2.21. The molecule has 0 spiro atoms. The Morgan fingerprint density at radius 2 is 2.20 bits per heavy atom. The maximum Gasteiger partial charge on any atom is 0.371 e. The van der Waals surface area contributed by atoms with Crippen LogP contribution in [0.2, 0.25) is 0 Å². The molecule has 1 aliphatic rings. The van der Waals surface area contributed by atoms with Crippen molar-refractivity contribution in [2.45, 2.75) is 44.0 Å². The molecule has 112 valence electrons. The molecule has 1 saturated carbocycles. The molecule has 6 nitrogen and oxygen atoms in total. The molecule has 1 aromatic rings. The number of carboxylic acid groups (broad SMARTS) is 1. The van der Waals surface area contributed by atoms with Gasteiger partial charge in [0.1, 0.15) is 4.90 Å². The first kappa shape index (κ1) is 15.5. The largest absolute Gasteiger partial charge is 0.475 e. The maximum absolute atomic E-state index is 12.3. The molecule has 1 aliphatic carbocycles. The molecule has 0 saturated heterocycles. The molecule has 1 atom stereocenters. The van der Waals surface area contributed by atoms with Crippen LogP contribution in [0.15, 0.2) is 20.0 Å². The van der Waals surface area contributed by atoms with Crippen LogP contribution in [0.25, 0.3) is 0 Å². The molecule has 0 amide bonds. The third-order valence-electron chi connectivity index (χ3n) is 3.45. The number of hydrogen-bond donors (Lipinski definition) is 2. The van der Waals surface area contributed by atoms with Gasteiger partial charge in [-0.05, 0) is 40.6 Å². The zero-order valence-electron chi connectivity index (χ0n) is 11.1. The minimum absolute atomic E-state index is 0.0975.